The normalized spacial score (nSPS) is 12.1. The van der Waals surface area contributed by atoms with Crippen LogP contribution in [-0.4, -0.2) is 33.8 Å². The third-order valence-corrected chi connectivity index (χ3v) is 2.74. The molecule has 1 rings (SSSR count). The van der Waals surface area contributed by atoms with Crippen molar-refractivity contribution in [1.82, 2.24) is 5.32 Å². The number of carboxylic acid groups (broad SMARTS) is 1. The van der Waals surface area contributed by atoms with Crippen LogP contribution in [0.2, 0.25) is 0 Å². The van der Waals surface area contributed by atoms with E-state index in [1.165, 1.54) is 18.2 Å². The van der Waals surface area contributed by atoms with Crippen LogP contribution < -0.4 is 5.32 Å². The van der Waals surface area contributed by atoms with Crippen molar-refractivity contribution in [2.75, 3.05) is 6.61 Å². The number of nitro benzene ring substituents is 1. The van der Waals surface area contributed by atoms with Crippen LogP contribution >= 0.6 is 0 Å². The van der Waals surface area contributed by atoms with E-state index in [-0.39, 0.29) is 24.8 Å². The maximum absolute atomic E-state index is 11.1. The minimum absolute atomic E-state index is 0.00842. The second kappa shape index (κ2) is 6.81. The number of hydrogen-bond donors (Lipinski definition) is 3. The number of aliphatic hydroxyl groups excluding tert-OH is 1. The van der Waals surface area contributed by atoms with Crippen molar-refractivity contribution in [2.24, 2.45) is 0 Å². The number of aliphatic hydroxyl groups is 1. The van der Waals surface area contributed by atoms with Crippen molar-refractivity contribution in [2.45, 2.75) is 25.9 Å². The van der Waals surface area contributed by atoms with Crippen molar-refractivity contribution in [1.29, 1.82) is 0 Å². The van der Waals surface area contributed by atoms with Gasteiger partial charge < -0.3 is 15.5 Å². The van der Waals surface area contributed by atoms with Crippen LogP contribution in [-0.2, 0) is 6.54 Å². The van der Waals surface area contributed by atoms with Gasteiger partial charge in [-0.25, -0.2) is 4.79 Å². The van der Waals surface area contributed by atoms with Crippen LogP contribution in [0.4, 0.5) is 5.69 Å². The molecule has 0 saturated heterocycles. The molecule has 1 atom stereocenters. The SMILES string of the molecule is CC(CCO)NCc1cccc([N+](=O)[O-])c1C(=O)O. The van der Waals surface area contributed by atoms with Crippen molar-refractivity contribution >= 4 is 11.7 Å². The molecule has 0 aromatic heterocycles. The Morgan fingerprint density at radius 1 is 1.53 bits per heavy atom. The summed E-state index contributed by atoms with van der Waals surface area (Å²) >= 11 is 0. The van der Waals surface area contributed by atoms with Crippen LogP contribution in [0.25, 0.3) is 0 Å². The Balaban J connectivity index is 2.97. The van der Waals surface area contributed by atoms with Crippen LogP contribution in [0.1, 0.15) is 29.3 Å². The van der Waals surface area contributed by atoms with Gasteiger partial charge in [0, 0.05) is 25.3 Å². The molecule has 19 heavy (non-hydrogen) atoms. The number of nitrogens with zero attached hydrogens (tertiary/aromatic N) is 1. The average molecular weight is 268 g/mol. The third kappa shape index (κ3) is 4.01. The Morgan fingerprint density at radius 3 is 2.74 bits per heavy atom. The Labute approximate surface area is 110 Å². The van der Waals surface area contributed by atoms with Crippen molar-refractivity contribution in [3.05, 3.63) is 39.4 Å². The monoisotopic (exact) mass is 268 g/mol. The lowest BCUT2D eigenvalue weighted by Gasteiger charge is -2.13. The molecule has 104 valence electrons. The molecule has 7 heteroatoms. The van der Waals surface area contributed by atoms with E-state index in [0.717, 1.165) is 0 Å². The van der Waals surface area contributed by atoms with E-state index >= 15 is 0 Å². The molecule has 0 saturated carbocycles. The molecule has 0 aliphatic heterocycles. The second-order valence-electron chi connectivity index (χ2n) is 4.17. The van der Waals surface area contributed by atoms with Gasteiger partial charge in [-0.3, -0.25) is 10.1 Å². The predicted octanol–water partition coefficient (Wildman–Crippen LogP) is 1.15. The fraction of sp³-hybridized carbons (Fsp3) is 0.417. The summed E-state index contributed by atoms with van der Waals surface area (Å²) < 4.78 is 0. The molecule has 0 spiro atoms. The first kappa shape index (κ1) is 15.1. The summed E-state index contributed by atoms with van der Waals surface area (Å²) in [4.78, 5) is 21.2. The molecule has 0 amide bonds. The van der Waals surface area contributed by atoms with Gasteiger partial charge in [0.25, 0.3) is 5.69 Å². The highest BCUT2D eigenvalue weighted by Gasteiger charge is 2.23. The smallest absolute Gasteiger partial charge is 0.343 e. The summed E-state index contributed by atoms with van der Waals surface area (Å²) in [5, 5.41) is 31.7. The minimum atomic E-state index is -1.32. The number of rotatable bonds is 7. The molecule has 0 fully saturated rings. The Morgan fingerprint density at radius 2 is 2.21 bits per heavy atom. The zero-order valence-corrected chi connectivity index (χ0v) is 10.5. The van der Waals surface area contributed by atoms with Crippen LogP contribution in [0.3, 0.4) is 0 Å². The molecule has 0 radical (unpaired) electrons. The molecular formula is C12H16N2O5. The van der Waals surface area contributed by atoms with E-state index in [1.807, 2.05) is 6.92 Å². The van der Waals surface area contributed by atoms with E-state index in [2.05, 4.69) is 5.32 Å². The highest BCUT2D eigenvalue weighted by molar-refractivity contribution is 5.94. The standard InChI is InChI=1S/C12H16N2O5/c1-8(5-6-15)13-7-9-3-2-4-10(14(18)19)11(9)12(16)17/h2-4,8,13,15H,5-7H2,1H3,(H,16,17). The minimum Gasteiger partial charge on any atom is -0.477 e. The van der Waals surface area contributed by atoms with Crippen LogP contribution in [0, 0.1) is 10.1 Å². The van der Waals surface area contributed by atoms with Crippen molar-refractivity contribution < 1.29 is 19.9 Å². The largest absolute Gasteiger partial charge is 0.477 e. The van der Waals surface area contributed by atoms with Gasteiger partial charge in [0.1, 0.15) is 5.56 Å². The molecule has 0 aliphatic carbocycles. The number of benzene rings is 1. The molecule has 0 aliphatic rings. The Kier molecular flexibility index (Phi) is 5.40. The molecule has 1 unspecified atom stereocenters. The van der Waals surface area contributed by atoms with Gasteiger partial charge in [-0.05, 0) is 18.9 Å². The van der Waals surface area contributed by atoms with Gasteiger partial charge in [-0.15, -0.1) is 0 Å². The van der Waals surface area contributed by atoms with E-state index in [4.69, 9.17) is 10.2 Å². The second-order valence-corrected chi connectivity index (χ2v) is 4.17. The highest BCUT2D eigenvalue weighted by Crippen LogP contribution is 2.22. The summed E-state index contributed by atoms with van der Waals surface area (Å²) in [5.41, 5.74) is -0.357. The van der Waals surface area contributed by atoms with E-state index in [1.54, 1.807) is 0 Å². The van der Waals surface area contributed by atoms with Gasteiger partial charge in [-0.1, -0.05) is 12.1 Å². The van der Waals surface area contributed by atoms with Crippen LogP contribution in [0.15, 0.2) is 18.2 Å². The van der Waals surface area contributed by atoms with Gasteiger partial charge in [-0.2, -0.15) is 0 Å². The Hall–Kier alpha value is -1.99. The topological polar surface area (TPSA) is 113 Å². The number of nitrogens with one attached hydrogen (secondary N) is 1. The zero-order chi connectivity index (χ0) is 14.4. The van der Waals surface area contributed by atoms with Gasteiger partial charge >= 0.3 is 5.97 Å². The number of nitro groups is 1. The molecule has 3 N–H and O–H groups in total. The van der Waals surface area contributed by atoms with Crippen molar-refractivity contribution in [3.63, 3.8) is 0 Å². The molecule has 1 aromatic carbocycles. The fourth-order valence-corrected chi connectivity index (χ4v) is 1.71. The molecule has 0 bridgehead atoms. The summed E-state index contributed by atoms with van der Waals surface area (Å²) in [6.45, 7) is 2.06. The first-order valence-corrected chi connectivity index (χ1v) is 5.81. The van der Waals surface area contributed by atoms with E-state index in [0.29, 0.717) is 12.0 Å². The molecule has 7 nitrogen and oxygen atoms in total. The number of carbonyl (C=O) groups is 1. The zero-order valence-electron chi connectivity index (χ0n) is 10.5. The predicted molar refractivity (Wildman–Crippen MR) is 68.1 cm³/mol. The maximum atomic E-state index is 11.1. The van der Waals surface area contributed by atoms with Crippen molar-refractivity contribution in [3.8, 4) is 0 Å². The van der Waals surface area contributed by atoms with Crippen LogP contribution in [0.5, 0.6) is 0 Å². The van der Waals surface area contributed by atoms with E-state index in [9.17, 15) is 14.9 Å². The number of carboxylic acids is 1. The first-order chi connectivity index (χ1) is 8.97. The third-order valence-electron chi connectivity index (χ3n) is 2.74. The molecule has 0 heterocycles. The Bertz CT molecular complexity index is 475. The summed E-state index contributed by atoms with van der Waals surface area (Å²) in [7, 11) is 0. The highest BCUT2D eigenvalue weighted by atomic mass is 16.6. The quantitative estimate of drug-likeness (QED) is 0.505. The molecule has 1 aromatic rings. The van der Waals surface area contributed by atoms with Gasteiger partial charge in [0.05, 0.1) is 4.92 Å². The maximum Gasteiger partial charge on any atom is 0.343 e. The lowest BCUT2D eigenvalue weighted by atomic mass is 10.0. The fourth-order valence-electron chi connectivity index (χ4n) is 1.71. The number of hydrogen-bond acceptors (Lipinski definition) is 5. The lowest BCUT2D eigenvalue weighted by Crippen LogP contribution is -2.27. The summed E-state index contributed by atoms with van der Waals surface area (Å²) in [6.07, 6.45) is 0.525. The summed E-state index contributed by atoms with van der Waals surface area (Å²) in [6, 6.07) is 4.16. The van der Waals surface area contributed by atoms with Gasteiger partial charge in [0.2, 0.25) is 0 Å². The first-order valence-electron chi connectivity index (χ1n) is 5.81. The van der Waals surface area contributed by atoms with E-state index < -0.39 is 16.6 Å². The molecular weight excluding hydrogens is 252 g/mol. The van der Waals surface area contributed by atoms with Gasteiger partial charge in [0.15, 0.2) is 0 Å². The average Bonchev–Trinajstić information content (AvgIpc) is 2.35. The lowest BCUT2D eigenvalue weighted by molar-refractivity contribution is -0.385. The number of aromatic carboxylic acids is 1. The summed E-state index contributed by atoms with van der Waals surface area (Å²) in [5.74, 6) is -1.32.